The van der Waals surface area contributed by atoms with E-state index in [1.165, 1.54) is 0 Å². The van der Waals surface area contributed by atoms with Crippen LogP contribution in [-0.4, -0.2) is 57.9 Å². The van der Waals surface area contributed by atoms with Gasteiger partial charge in [-0.15, -0.1) is 0 Å². The molecule has 0 aromatic heterocycles. The quantitative estimate of drug-likeness (QED) is 0.0886. The summed E-state index contributed by atoms with van der Waals surface area (Å²) in [6.45, 7) is 0. The zero-order valence-corrected chi connectivity index (χ0v) is 19.7. The lowest BCUT2D eigenvalue weighted by atomic mass is 9.87. The molecule has 18 heteroatoms. The Morgan fingerprint density at radius 2 is 0.595 bits per heavy atom. The number of rotatable bonds is 17. The molecule has 0 saturated carbocycles. The molecule has 0 spiro atoms. The molecule has 0 unspecified atom stereocenters. The summed E-state index contributed by atoms with van der Waals surface area (Å²) in [7, 11) is 3.25. The average Bonchev–Trinajstić information content (AvgIpc) is 2.73. The normalized spacial score (nSPS) is 15.4. The van der Waals surface area contributed by atoms with Crippen molar-refractivity contribution in [1.29, 1.82) is 0 Å². The van der Waals surface area contributed by atoms with Gasteiger partial charge in [-0.1, -0.05) is 57.4 Å². The first-order valence-electron chi connectivity index (χ1n) is 10.7. The summed E-state index contributed by atoms with van der Waals surface area (Å²) >= 11 is 0. The van der Waals surface area contributed by atoms with Crippen molar-refractivity contribution in [2.45, 2.75) is 118 Å². The first-order chi connectivity index (χ1) is 16.3. The second-order valence-corrected chi connectivity index (χ2v) is 8.83. The van der Waals surface area contributed by atoms with Gasteiger partial charge in [-0.2, -0.15) is 74.6 Å². The molecule has 3 radical (unpaired) electrons. The van der Waals surface area contributed by atoms with Gasteiger partial charge in [0.05, 0.1) is 0 Å². The zero-order chi connectivity index (χ0) is 29.8. The van der Waals surface area contributed by atoms with Crippen LogP contribution in [0.3, 0.4) is 0 Å². The molecule has 0 heterocycles. The van der Waals surface area contributed by atoms with E-state index >= 15 is 0 Å². The van der Waals surface area contributed by atoms with E-state index in [-0.39, 0.29) is 12.8 Å². The van der Waals surface area contributed by atoms with E-state index in [1.54, 1.807) is 0 Å². The standard InChI is InChI=1S/C19H22F17Si/c20-12(21,10-8-6-4-2-1-3-5-7-9-11-37)13(22,23)14(24,25)15(26,27)16(28,29)17(30,31)18(32,33)19(34,35)36/h1-11H2. The second kappa shape index (κ2) is 12.0. The molecule has 0 saturated heterocycles. The predicted molar refractivity (Wildman–Crippen MR) is 97.4 cm³/mol. The third-order valence-corrected chi connectivity index (χ3v) is 5.81. The molecule has 0 fully saturated rings. The van der Waals surface area contributed by atoms with Gasteiger partial charge in [0.2, 0.25) is 0 Å². The molecule has 0 aliphatic heterocycles. The van der Waals surface area contributed by atoms with E-state index < -0.39 is 60.5 Å². The summed E-state index contributed by atoms with van der Waals surface area (Å²) in [6.07, 6.45) is -7.15. The van der Waals surface area contributed by atoms with Gasteiger partial charge in [0.1, 0.15) is 0 Å². The molecule has 0 aromatic carbocycles. The van der Waals surface area contributed by atoms with Gasteiger partial charge in [-0.25, -0.2) is 0 Å². The summed E-state index contributed by atoms with van der Waals surface area (Å²) < 4.78 is 224. The molecule has 37 heavy (non-hydrogen) atoms. The largest absolute Gasteiger partial charge is 0.460 e. The summed E-state index contributed by atoms with van der Waals surface area (Å²) in [5, 5.41) is 0. The van der Waals surface area contributed by atoms with Gasteiger partial charge < -0.3 is 0 Å². The topological polar surface area (TPSA) is 0 Å². The third kappa shape index (κ3) is 6.79. The Bertz CT molecular complexity index is 699. The van der Waals surface area contributed by atoms with Crippen LogP contribution in [-0.2, 0) is 0 Å². The van der Waals surface area contributed by atoms with Crippen molar-refractivity contribution in [1.82, 2.24) is 0 Å². The van der Waals surface area contributed by atoms with Crippen LogP contribution in [0.25, 0.3) is 0 Å². The minimum Gasteiger partial charge on any atom is -0.200 e. The second-order valence-electron chi connectivity index (χ2n) is 8.33. The fourth-order valence-electron chi connectivity index (χ4n) is 3.06. The van der Waals surface area contributed by atoms with Crippen LogP contribution in [0.5, 0.6) is 0 Å². The highest BCUT2D eigenvalue weighted by atomic mass is 28.1. The van der Waals surface area contributed by atoms with Gasteiger partial charge in [-0.3, -0.25) is 0 Å². The molecule has 0 aromatic rings. The molecule has 0 rings (SSSR count). The lowest BCUT2D eigenvalue weighted by Gasteiger charge is -2.42. The lowest BCUT2D eigenvalue weighted by Crippen LogP contribution is -2.74. The van der Waals surface area contributed by atoms with Gasteiger partial charge in [0.15, 0.2) is 0 Å². The van der Waals surface area contributed by atoms with Gasteiger partial charge >= 0.3 is 47.6 Å². The highest BCUT2D eigenvalue weighted by Gasteiger charge is 2.95. The molecule has 221 valence electrons. The lowest BCUT2D eigenvalue weighted by molar-refractivity contribution is -0.461. The third-order valence-electron chi connectivity index (χ3n) is 5.45. The molecular weight excluding hydrogens is 579 g/mol. The number of hydrogen-bond donors (Lipinski definition) is 0. The van der Waals surface area contributed by atoms with Crippen LogP contribution in [0, 0.1) is 0 Å². The van der Waals surface area contributed by atoms with Gasteiger partial charge in [0, 0.05) is 16.7 Å². The maximum absolute atomic E-state index is 13.8. The Kier molecular flexibility index (Phi) is 11.7. The smallest absolute Gasteiger partial charge is 0.200 e. The van der Waals surface area contributed by atoms with Crippen LogP contribution < -0.4 is 0 Å². The van der Waals surface area contributed by atoms with Crippen molar-refractivity contribution in [3.8, 4) is 0 Å². The fraction of sp³-hybridized carbons (Fsp3) is 1.00. The molecule has 0 nitrogen and oxygen atoms in total. The zero-order valence-electron chi connectivity index (χ0n) is 18.7. The predicted octanol–water partition coefficient (Wildman–Crippen LogP) is 9.48. The Hall–Kier alpha value is -0.973. The van der Waals surface area contributed by atoms with Crippen molar-refractivity contribution in [3.63, 3.8) is 0 Å². The van der Waals surface area contributed by atoms with E-state index in [0.29, 0.717) is 19.3 Å². The summed E-state index contributed by atoms with van der Waals surface area (Å²) in [4.78, 5) is 0. The highest BCUT2D eigenvalue weighted by Crippen LogP contribution is 2.64. The first kappa shape index (κ1) is 36.0. The monoisotopic (exact) mass is 601 g/mol. The van der Waals surface area contributed by atoms with Crippen LogP contribution in [0.4, 0.5) is 74.6 Å². The van der Waals surface area contributed by atoms with E-state index in [0.717, 1.165) is 25.3 Å². The number of unbranched alkanes of at least 4 members (excludes halogenated alkanes) is 8. The van der Waals surface area contributed by atoms with Crippen molar-refractivity contribution < 1.29 is 74.6 Å². The average molecular weight is 601 g/mol. The van der Waals surface area contributed by atoms with Gasteiger partial charge in [-0.05, 0) is 6.42 Å². The van der Waals surface area contributed by atoms with Crippen molar-refractivity contribution in [3.05, 3.63) is 0 Å². The van der Waals surface area contributed by atoms with E-state index in [9.17, 15) is 74.6 Å². The highest BCUT2D eigenvalue weighted by molar-refractivity contribution is 6.08. The molecule has 0 aliphatic carbocycles. The summed E-state index contributed by atoms with van der Waals surface area (Å²) in [5.41, 5.74) is 0. The van der Waals surface area contributed by atoms with Crippen LogP contribution >= 0.6 is 0 Å². The molecule has 0 bridgehead atoms. The molecular formula is C19H22F17Si. The van der Waals surface area contributed by atoms with Crippen molar-refractivity contribution in [2.24, 2.45) is 0 Å². The van der Waals surface area contributed by atoms with E-state index in [2.05, 4.69) is 10.2 Å². The molecule has 0 aliphatic rings. The molecule has 0 atom stereocenters. The number of hydrogen-bond acceptors (Lipinski definition) is 0. The minimum atomic E-state index is -8.57. The Labute approximate surface area is 203 Å². The maximum Gasteiger partial charge on any atom is 0.460 e. The minimum absolute atomic E-state index is 0.0864. The summed E-state index contributed by atoms with van der Waals surface area (Å²) in [6, 6.07) is 0.768. The van der Waals surface area contributed by atoms with E-state index in [1.807, 2.05) is 0 Å². The Morgan fingerprint density at radius 1 is 0.324 bits per heavy atom. The van der Waals surface area contributed by atoms with Gasteiger partial charge in [0.25, 0.3) is 0 Å². The van der Waals surface area contributed by atoms with Crippen molar-refractivity contribution >= 4 is 10.2 Å². The summed E-state index contributed by atoms with van der Waals surface area (Å²) in [5.74, 6) is -55.7. The van der Waals surface area contributed by atoms with Crippen molar-refractivity contribution in [2.75, 3.05) is 0 Å². The van der Waals surface area contributed by atoms with Crippen LogP contribution in [0.1, 0.15) is 64.2 Å². The van der Waals surface area contributed by atoms with Crippen LogP contribution in [0.2, 0.25) is 6.04 Å². The Balaban J connectivity index is 5.58. The SMILES string of the molecule is FC(F)(F)C(F)(F)C(F)(F)C(F)(F)C(F)(F)C(F)(F)C(F)(F)C(F)(F)CCCCCCCCCCC[Si]. The van der Waals surface area contributed by atoms with Crippen LogP contribution in [0.15, 0.2) is 0 Å². The Morgan fingerprint density at radius 3 is 0.919 bits per heavy atom. The maximum atomic E-state index is 13.8. The molecule has 0 N–H and O–H groups in total. The first-order valence-corrected chi connectivity index (χ1v) is 11.4. The number of halogens is 17. The fourth-order valence-corrected chi connectivity index (χ4v) is 3.31. The van der Waals surface area contributed by atoms with E-state index in [4.69, 9.17) is 0 Å². The number of alkyl halides is 17. The molecule has 0 amide bonds.